The van der Waals surface area contributed by atoms with Gasteiger partial charge in [0.05, 0.1) is 15.2 Å². The van der Waals surface area contributed by atoms with Gasteiger partial charge >= 0.3 is 0 Å². The van der Waals surface area contributed by atoms with Crippen LogP contribution in [0.2, 0.25) is 5.02 Å². The first-order chi connectivity index (χ1) is 8.56. The first-order valence-electron chi connectivity index (χ1n) is 5.50. The SMILES string of the molecule is Cc1ccc(Cl)c(NCc2ccc(Br)c(F)c2)c1. The van der Waals surface area contributed by atoms with Gasteiger partial charge in [-0.15, -0.1) is 0 Å². The molecule has 94 valence electrons. The van der Waals surface area contributed by atoms with Crippen molar-refractivity contribution in [3.8, 4) is 0 Å². The number of hydrogen-bond acceptors (Lipinski definition) is 1. The third kappa shape index (κ3) is 3.24. The van der Waals surface area contributed by atoms with Crippen LogP contribution in [-0.4, -0.2) is 0 Å². The molecule has 0 aromatic heterocycles. The Balaban J connectivity index is 2.11. The maximum absolute atomic E-state index is 13.3. The quantitative estimate of drug-likeness (QED) is 0.820. The topological polar surface area (TPSA) is 12.0 Å². The molecule has 18 heavy (non-hydrogen) atoms. The zero-order chi connectivity index (χ0) is 13.1. The Morgan fingerprint density at radius 3 is 2.72 bits per heavy atom. The van der Waals surface area contributed by atoms with Crippen molar-refractivity contribution in [3.63, 3.8) is 0 Å². The smallest absolute Gasteiger partial charge is 0.137 e. The molecule has 0 unspecified atom stereocenters. The lowest BCUT2D eigenvalue weighted by molar-refractivity contribution is 0.619. The Morgan fingerprint density at radius 2 is 2.00 bits per heavy atom. The van der Waals surface area contributed by atoms with Crippen molar-refractivity contribution in [2.45, 2.75) is 13.5 Å². The number of anilines is 1. The molecule has 0 aliphatic carbocycles. The van der Waals surface area contributed by atoms with Crippen LogP contribution in [0, 0.1) is 12.7 Å². The van der Waals surface area contributed by atoms with Gasteiger partial charge in [0.1, 0.15) is 5.82 Å². The summed E-state index contributed by atoms with van der Waals surface area (Å²) in [6.07, 6.45) is 0. The normalized spacial score (nSPS) is 10.4. The van der Waals surface area contributed by atoms with Crippen molar-refractivity contribution in [3.05, 3.63) is 62.8 Å². The highest BCUT2D eigenvalue weighted by atomic mass is 79.9. The number of hydrogen-bond donors (Lipinski definition) is 1. The first-order valence-corrected chi connectivity index (χ1v) is 6.67. The molecule has 2 rings (SSSR count). The molecule has 0 saturated carbocycles. The number of rotatable bonds is 3. The van der Waals surface area contributed by atoms with Crippen LogP contribution in [0.5, 0.6) is 0 Å². The van der Waals surface area contributed by atoms with E-state index < -0.39 is 0 Å². The van der Waals surface area contributed by atoms with Crippen LogP contribution < -0.4 is 5.32 Å². The molecule has 0 aliphatic rings. The molecule has 1 nitrogen and oxygen atoms in total. The molecule has 2 aromatic carbocycles. The van der Waals surface area contributed by atoms with E-state index in [1.807, 2.05) is 31.2 Å². The van der Waals surface area contributed by atoms with Crippen LogP contribution in [-0.2, 0) is 6.54 Å². The van der Waals surface area contributed by atoms with E-state index in [0.29, 0.717) is 16.0 Å². The van der Waals surface area contributed by atoms with Gasteiger partial charge < -0.3 is 5.32 Å². The summed E-state index contributed by atoms with van der Waals surface area (Å²) >= 11 is 9.20. The van der Waals surface area contributed by atoms with E-state index in [1.165, 1.54) is 6.07 Å². The van der Waals surface area contributed by atoms with Crippen LogP contribution in [0.1, 0.15) is 11.1 Å². The molecule has 2 aromatic rings. The second-order valence-corrected chi connectivity index (χ2v) is 5.35. The Bertz CT molecular complexity index is 572. The fraction of sp³-hybridized carbons (Fsp3) is 0.143. The van der Waals surface area contributed by atoms with E-state index in [-0.39, 0.29) is 5.82 Å². The maximum atomic E-state index is 13.3. The predicted octanol–water partition coefficient (Wildman–Crippen LogP) is 5.16. The second kappa shape index (κ2) is 5.72. The molecule has 1 N–H and O–H groups in total. The minimum atomic E-state index is -0.260. The average Bonchev–Trinajstić information content (AvgIpc) is 2.34. The molecule has 0 spiro atoms. The summed E-state index contributed by atoms with van der Waals surface area (Å²) < 4.78 is 13.8. The largest absolute Gasteiger partial charge is 0.380 e. The van der Waals surface area contributed by atoms with Gasteiger partial charge in [0, 0.05) is 6.54 Å². The van der Waals surface area contributed by atoms with Crippen molar-refractivity contribution in [1.29, 1.82) is 0 Å². The monoisotopic (exact) mass is 327 g/mol. The van der Waals surface area contributed by atoms with Crippen LogP contribution in [0.3, 0.4) is 0 Å². The molecule has 0 amide bonds. The highest BCUT2D eigenvalue weighted by Crippen LogP contribution is 2.24. The number of nitrogens with one attached hydrogen (secondary N) is 1. The molecule has 0 bridgehead atoms. The molecule has 4 heteroatoms. The summed E-state index contributed by atoms with van der Waals surface area (Å²) in [5.41, 5.74) is 2.86. The van der Waals surface area contributed by atoms with Crippen LogP contribution in [0.4, 0.5) is 10.1 Å². The lowest BCUT2D eigenvalue weighted by Crippen LogP contribution is -2.00. The zero-order valence-corrected chi connectivity index (χ0v) is 12.1. The number of benzene rings is 2. The Hall–Kier alpha value is -1.06. The fourth-order valence-electron chi connectivity index (χ4n) is 1.62. The van der Waals surface area contributed by atoms with Gasteiger partial charge in [0.25, 0.3) is 0 Å². The van der Waals surface area contributed by atoms with Gasteiger partial charge in [-0.3, -0.25) is 0 Å². The van der Waals surface area contributed by atoms with E-state index in [4.69, 9.17) is 11.6 Å². The van der Waals surface area contributed by atoms with E-state index in [9.17, 15) is 4.39 Å². The minimum absolute atomic E-state index is 0.260. The molecule has 0 aliphatic heterocycles. The summed E-state index contributed by atoms with van der Waals surface area (Å²) in [6.45, 7) is 2.54. The van der Waals surface area contributed by atoms with Crippen molar-refractivity contribution < 1.29 is 4.39 Å². The van der Waals surface area contributed by atoms with Crippen molar-refractivity contribution in [2.24, 2.45) is 0 Å². The van der Waals surface area contributed by atoms with Gasteiger partial charge in [-0.05, 0) is 58.2 Å². The zero-order valence-electron chi connectivity index (χ0n) is 9.81. The molecule has 0 heterocycles. The molecular weight excluding hydrogens is 317 g/mol. The van der Waals surface area contributed by atoms with Crippen molar-refractivity contribution >= 4 is 33.2 Å². The average molecular weight is 329 g/mol. The predicted molar refractivity (Wildman–Crippen MR) is 77.6 cm³/mol. The summed E-state index contributed by atoms with van der Waals surface area (Å²) in [5, 5.41) is 3.87. The minimum Gasteiger partial charge on any atom is -0.380 e. The van der Waals surface area contributed by atoms with E-state index >= 15 is 0 Å². The summed E-state index contributed by atoms with van der Waals surface area (Å²) in [5.74, 6) is -0.260. The Labute approximate surface area is 119 Å². The third-order valence-electron chi connectivity index (χ3n) is 2.59. The van der Waals surface area contributed by atoms with E-state index in [1.54, 1.807) is 6.07 Å². The van der Waals surface area contributed by atoms with Crippen LogP contribution in [0.15, 0.2) is 40.9 Å². The second-order valence-electron chi connectivity index (χ2n) is 4.09. The van der Waals surface area contributed by atoms with E-state index in [2.05, 4.69) is 21.2 Å². The van der Waals surface area contributed by atoms with Gasteiger partial charge in [-0.25, -0.2) is 4.39 Å². The molecule has 0 radical (unpaired) electrons. The van der Waals surface area contributed by atoms with Crippen molar-refractivity contribution in [2.75, 3.05) is 5.32 Å². The van der Waals surface area contributed by atoms with Crippen LogP contribution >= 0.6 is 27.5 Å². The first kappa shape index (κ1) is 13.4. The maximum Gasteiger partial charge on any atom is 0.137 e. The Kier molecular flexibility index (Phi) is 4.25. The summed E-state index contributed by atoms with van der Waals surface area (Å²) in [4.78, 5) is 0. The molecule has 0 saturated heterocycles. The standard InChI is InChI=1S/C14H12BrClFN/c1-9-2-5-12(16)14(6-9)18-8-10-3-4-11(15)13(17)7-10/h2-7,18H,8H2,1H3. The summed E-state index contributed by atoms with van der Waals surface area (Å²) in [6, 6.07) is 10.8. The Morgan fingerprint density at radius 1 is 1.22 bits per heavy atom. The van der Waals surface area contributed by atoms with Crippen molar-refractivity contribution in [1.82, 2.24) is 0 Å². The number of aryl methyl sites for hydroxylation is 1. The lowest BCUT2D eigenvalue weighted by Gasteiger charge is -2.09. The fourth-order valence-corrected chi connectivity index (χ4v) is 2.05. The highest BCUT2D eigenvalue weighted by Gasteiger charge is 2.03. The van der Waals surface area contributed by atoms with Gasteiger partial charge in [0.15, 0.2) is 0 Å². The number of halogens is 3. The lowest BCUT2D eigenvalue weighted by atomic mass is 10.2. The van der Waals surface area contributed by atoms with Crippen LogP contribution in [0.25, 0.3) is 0 Å². The van der Waals surface area contributed by atoms with Gasteiger partial charge in [-0.2, -0.15) is 0 Å². The van der Waals surface area contributed by atoms with Gasteiger partial charge in [-0.1, -0.05) is 23.7 Å². The molecule has 0 atom stereocenters. The molecular formula is C14H12BrClFN. The highest BCUT2D eigenvalue weighted by molar-refractivity contribution is 9.10. The molecule has 0 fully saturated rings. The third-order valence-corrected chi connectivity index (χ3v) is 3.56. The van der Waals surface area contributed by atoms with Gasteiger partial charge in [0.2, 0.25) is 0 Å². The summed E-state index contributed by atoms with van der Waals surface area (Å²) in [7, 11) is 0. The van der Waals surface area contributed by atoms with E-state index in [0.717, 1.165) is 16.8 Å².